The lowest BCUT2D eigenvalue weighted by molar-refractivity contribution is 0.0938. The zero-order valence-electron chi connectivity index (χ0n) is 20.4. The van der Waals surface area contributed by atoms with Crippen LogP contribution in [-0.2, 0) is 21.2 Å². The van der Waals surface area contributed by atoms with Gasteiger partial charge in [-0.3, -0.25) is 15.0 Å². The number of ether oxygens (including phenoxy) is 2. The zero-order valence-corrected chi connectivity index (χ0v) is 21.2. The number of carbonyl (C=O) groups is 2. The highest BCUT2D eigenvalue weighted by atomic mass is 32.2. The van der Waals surface area contributed by atoms with Crippen LogP contribution in [0.15, 0.2) is 47.4 Å². The normalized spacial score (nSPS) is 16.0. The van der Waals surface area contributed by atoms with E-state index >= 15 is 0 Å². The molecule has 1 saturated heterocycles. The molecule has 2 N–H and O–H groups in total. The molecule has 190 valence electrons. The van der Waals surface area contributed by atoms with Crippen LogP contribution in [0.4, 0.5) is 10.5 Å². The number of methoxy groups -OCH3 is 1. The molecule has 9 nitrogen and oxygen atoms in total. The number of amides is 2. The third-order valence-corrected chi connectivity index (χ3v) is 7.88. The second-order valence-corrected chi connectivity index (χ2v) is 10.5. The Labute approximate surface area is 206 Å². The van der Waals surface area contributed by atoms with Gasteiger partial charge in [0.2, 0.25) is 0 Å². The Bertz CT molecular complexity index is 1140. The van der Waals surface area contributed by atoms with Crippen LogP contribution in [0, 0.1) is 0 Å². The van der Waals surface area contributed by atoms with Gasteiger partial charge in [0.15, 0.2) is 9.84 Å². The molecule has 1 aliphatic rings. The second kappa shape index (κ2) is 12.0. The van der Waals surface area contributed by atoms with E-state index in [4.69, 9.17) is 9.47 Å². The van der Waals surface area contributed by atoms with Gasteiger partial charge in [0, 0.05) is 18.7 Å². The van der Waals surface area contributed by atoms with Crippen molar-refractivity contribution in [2.75, 3.05) is 37.8 Å². The molecule has 1 atom stereocenters. The van der Waals surface area contributed by atoms with Crippen molar-refractivity contribution in [1.29, 1.82) is 0 Å². The van der Waals surface area contributed by atoms with Crippen LogP contribution in [0.5, 0.6) is 5.75 Å². The third-order valence-electron chi connectivity index (χ3n) is 6.11. The van der Waals surface area contributed by atoms with Gasteiger partial charge in [0.1, 0.15) is 12.4 Å². The number of likely N-dealkylation sites (tertiary alicyclic amines) is 1. The number of likely N-dealkylation sites (N-methyl/N-ethyl adjacent to an activating group) is 1. The van der Waals surface area contributed by atoms with Crippen molar-refractivity contribution in [3.63, 3.8) is 0 Å². The van der Waals surface area contributed by atoms with E-state index < -0.39 is 21.8 Å². The van der Waals surface area contributed by atoms with Crippen molar-refractivity contribution < 1.29 is 27.5 Å². The molecule has 0 radical (unpaired) electrons. The summed E-state index contributed by atoms with van der Waals surface area (Å²) in [6.07, 6.45) is 1.26. The van der Waals surface area contributed by atoms with Crippen LogP contribution in [-0.4, -0.2) is 63.9 Å². The monoisotopic (exact) mass is 503 g/mol. The number of benzene rings is 2. The smallest absolute Gasteiger partial charge is 0.411 e. The molecule has 3 rings (SSSR count). The minimum absolute atomic E-state index is 0.00809. The molecule has 0 bridgehead atoms. The quantitative estimate of drug-likeness (QED) is 0.510. The average molecular weight is 504 g/mol. The lowest BCUT2D eigenvalue weighted by atomic mass is 10.1. The Balaban J connectivity index is 1.82. The van der Waals surface area contributed by atoms with Crippen LogP contribution < -0.4 is 15.4 Å². The highest BCUT2D eigenvalue weighted by Crippen LogP contribution is 2.32. The number of rotatable bonds is 10. The molecule has 2 amide bonds. The van der Waals surface area contributed by atoms with Crippen molar-refractivity contribution in [1.82, 2.24) is 10.2 Å². The predicted octanol–water partition coefficient (Wildman–Crippen LogP) is 3.45. The molecule has 1 aliphatic heterocycles. The maximum Gasteiger partial charge on any atom is 0.411 e. The molecule has 0 aromatic heterocycles. The summed E-state index contributed by atoms with van der Waals surface area (Å²) in [6, 6.07) is 12.0. The minimum Gasteiger partial charge on any atom is -0.496 e. The number of hydrogen-bond donors (Lipinski definition) is 2. The standard InChI is InChI=1S/C25H33N3O6S/c1-4-28-13-9-12-19(28)16-26-24(29)20-14-23(35(31,32)5-2)21(15-22(20)33-3)27-25(30)34-17-18-10-7-6-8-11-18/h6-8,10-11,14-15,19H,4-5,9,12-13,16-17H2,1-3H3,(H,26,29)(H,27,30)/t19-/m0/s1. The van der Waals surface area contributed by atoms with Gasteiger partial charge in [-0.25, -0.2) is 13.2 Å². The van der Waals surface area contributed by atoms with E-state index in [1.807, 2.05) is 30.3 Å². The van der Waals surface area contributed by atoms with E-state index in [9.17, 15) is 18.0 Å². The Morgan fingerprint density at radius 2 is 1.89 bits per heavy atom. The number of nitrogens with one attached hydrogen (secondary N) is 2. The zero-order chi connectivity index (χ0) is 25.4. The first kappa shape index (κ1) is 26.5. The van der Waals surface area contributed by atoms with Gasteiger partial charge in [-0.05, 0) is 37.6 Å². The molecule has 0 unspecified atom stereocenters. The van der Waals surface area contributed by atoms with Crippen LogP contribution in [0.25, 0.3) is 0 Å². The summed E-state index contributed by atoms with van der Waals surface area (Å²) in [5.74, 6) is -0.493. The Hall–Kier alpha value is -3.11. The van der Waals surface area contributed by atoms with Crippen LogP contribution >= 0.6 is 0 Å². The SMILES string of the molecule is CCN1CCC[C@H]1CNC(=O)c1cc(S(=O)(=O)CC)c(NC(=O)OCc2ccccc2)cc1OC. The number of anilines is 1. The van der Waals surface area contributed by atoms with Gasteiger partial charge in [-0.1, -0.05) is 44.2 Å². The summed E-state index contributed by atoms with van der Waals surface area (Å²) in [6.45, 7) is 5.97. The van der Waals surface area contributed by atoms with Crippen LogP contribution in [0.1, 0.15) is 42.6 Å². The fourth-order valence-electron chi connectivity index (χ4n) is 4.13. The summed E-state index contributed by atoms with van der Waals surface area (Å²) < 4.78 is 36.3. The molecule has 0 spiro atoms. The summed E-state index contributed by atoms with van der Waals surface area (Å²) in [7, 11) is -2.40. The summed E-state index contributed by atoms with van der Waals surface area (Å²) >= 11 is 0. The van der Waals surface area contributed by atoms with Crippen molar-refractivity contribution >= 4 is 27.5 Å². The molecule has 2 aromatic rings. The van der Waals surface area contributed by atoms with Gasteiger partial charge >= 0.3 is 6.09 Å². The van der Waals surface area contributed by atoms with Crippen molar-refractivity contribution in [3.05, 3.63) is 53.6 Å². The maximum atomic E-state index is 13.0. The second-order valence-electron chi connectivity index (χ2n) is 8.27. The highest BCUT2D eigenvalue weighted by molar-refractivity contribution is 7.91. The molecule has 1 heterocycles. The fourth-order valence-corrected chi connectivity index (χ4v) is 5.19. The summed E-state index contributed by atoms with van der Waals surface area (Å²) in [5.41, 5.74) is 0.868. The Morgan fingerprint density at radius 3 is 2.54 bits per heavy atom. The number of hydrogen-bond acceptors (Lipinski definition) is 7. The molecule has 10 heteroatoms. The van der Waals surface area contributed by atoms with E-state index in [2.05, 4.69) is 22.5 Å². The summed E-state index contributed by atoms with van der Waals surface area (Å²) in [5, 5.41) is 5.40. The topological polar surface area (TPSA) is 114 Å². The molecule has 2 aromatic carbocycles. The van der Waals surface area contributed by atoms with E-state index in [1.165, 1.54) is 26.2 Å². The number of sulfone groups is 1. The van der Waals surface area contributed by atoms with E-state index in [-0.39, 0.29) is 40.3 Å². The van der Waals surface area contributed by atoms with Gasteiger partial charge < -0.3 is 14.8 Å². The molecule has 35 heavy (non-hydrogen) atoms. The van der Waals surface area contributed by atoms with Crippen molar-refractivity contribution in [2.24, 2.45) is 0 Å². The van der Waals surface area contributed by atoms with Gasteiger partial charge in [-0.15, -0.1) is 0 Å². The highest BCUT2D eigenvalue weighted by Gasteiger charge is 2.27. The van der Waals surface area contributed by atoms with Crippen molar-refractivity contribution in [3.8, 4) is 5.75 Å². The fraction of sp³-hybridized carbons (Fsp3) is 0.440. The van der Waals surface area contributed by atoms with Gasteiger partial charge in [-0.2, -0.15) is 0 Å². The third kappa shape index (κ3) is 6.73. The summed E-state index contributed by atoms with van der Waals surface area (Å²) in [4.78, 5) is 27.6. The number of nitrogens with zero attached hydrogens (tertiary/aromatic N) is 1. The minimum atomic E-state index is -3.78. The average Bonchev–Trinajstić information content (AvgIpc) is 3.34. The van der Waals surface area contributed by atoms with Gasteiger partial charge in [0.05, 0.1) is 29.0 Å². The Kier molecular flexibility index (Phi) is 9.11. The maximum absolute atomic E-state index is 13.0. The largest absolute Gasteiger partial charge is 0.496 e. The van der Waals surface area contributed by atoms with Crippen molar-refractivity contribution in [2.45, 2.75) is 44.2 Å². The molecule has 0 saturated carbocycles. The van der Waals surface area contributed by atoms with E-state index in [0.717, 1.165) is 31.5 Å². The number of carbonyl (C=O) groups excluding carboxylic acids is 2. The van der Waals surface area contributed by atoms with Crippen LogP contribution in [0.3, 0.4) is 0 Å². The van der Waals surface area contributed by atoms with E-state index in [0.29, 0.717) is 6.54 Å². The predicted molar refractivity (Wildman–Crippen MR) is 134 cm³/mol. The first-order chi connectivity index (χ1) is 16.8. The first-order valence-electron chi connectivity index (χ1n) is 11.7. The lowest BCUT2D eigenvalue weighted by Gasteiger charge is -2.23. The first-order valence-corrected chi connectivity index (χ1v) is 13.4. The van der Waals surface area contributed by atoms with Crippen LogP contribution in [0.2, 0.25) is 0 Å². The Morgan fingerprint density at radius 1 is 1.14 bits per heavy atom. The molecule has 1 fully saturated rings. The molecule has 0 aliphatic carbocycles. The van der Waals surface area contributed by atoms with E-state index in [1.54, 1.807) is 0 Å². The molecular formula is C25H33N3O6S. The molecular weight excluding hydrogens is 470 g/mol. The lowest BCUT2D eigenvalue weighted by Crippen LogP contribution is -2.40. The van der Waals surface area contributed by atoms with Gasteiger partial charge in [0.25, 0.3) is 5.91 Å².